The second-order valence-corrected chi connectivity index (χ2v) is 20.5. The van der Waals surface area contributed by atoms with Crippen LogP contribution in [-0.2, 0) is 32.1 Å². The molecule has 55 heavy (non-hydrogen) atoms. The van der Waals surface area contributed by atoms with E-state index in [1.54, 1.807) is 6.33 Å². The van der Waals surface area contributed by atoms with Gasteiger partial charge >= 0.3 is 0 Å². The molecule has 1 N–H and O–H groups in total. The molecule has 3 nitrogen and oxygen atoms in total. The number of aromatic amines is 1. The molecule has 0 aliphatic heterocycles. The summed E-state index contributed by atoms with van der Waals surface area (Å²) in [6.45, 7) is 33.7. The Hall–Kier alpha value is -3.98. The van der Waals surface area contributed by atoms with Crippen LogP contribution in [0.1, 0.15) is 139 Å². The topological polar surface area (TPSA) is 41.6 Å². The van der Waals surface area contributed by atoms with Gasteiger partial charge in [0.15, 0.2) is 0 Å². The number of nitrogens with one attached hydrogen (secondary N) is 1. The fraction of sp³-hybridized carbons (Fsp3) is 0.500. The average Bonchev–Trinajstić information content (AvgIpc) is 3.53. The molecule has 0 saturated carbocycles. The second-order valence-electron chi connectivity index (χ2n) is 20.5. The summed E-state index contributed by atoms with van der Waals surface area (Å²) < 4.78 is 0. The molecule has 2 heterocycles. The van der Waals surface area contributed by atoms with Crippen LogP contribution in [0.2, 0.25) is 0 Å². The quantitative estimate of drug-likeness (QED) is 0.194. The van der Waals surface area contributed by atoms with E-state index in [4.69, 9.17) is 0 Å². The fourth-order valence-corrected chi connectivity index (χ4v) is 5.62. The third-order valence-electron chi connectivity index (χ3n) is 7.45. The van der Waals surface area contributed by atoms with Crippen molar-refractivity contribution in [2.75, 3.05) is 0 Å². The third kappa shape index (κ3) is 32.0. The molecule has 0 saturated heterocycles. The molecular weight excluding hydrogens is 667 g/mol. The van der Waals surface area contributed by atoms with Gasteiger partial charge in [0.05, 0.1) is 6.33 Å². The highest BCUT2D eigenvalue weighted by atomic mass is 14.9. The van der Waals surface area contributed by atoms with E-state index in [-0.39, 0.29) is 7.43 Å². The fourth-order valence-electron chi connectivity index (χ4n) is 5.62. The van der Waals surface area contributed by atoms with Crippen LogP contribution in [0, 0.1) is 27.1 Å². The predicted molar refractivity (Wildman–Crippen MR) is 245 cm³/mol. The number of hydrogen-bond donors (Lipinski definition) is 1. The van der Waals surface area contributed by atoms with Crippen LogP contribution < -0.4 is 0 Å². The maximum absolute atomic E-state index is 4.26. The Kier molecular flexibility index (Phi) is 22.7. The number of aromatic nitrogens is 3. The van der Waals surface area contributed by atoms with Crippen molar-refractivity contribution in [2.45, 2.75) is 143 Å². The van der Waals surface area contributed by atoms with Gasteiger partial charge in [0.25, 0.3) is 0 Å². The minimum absolute atomic E-state index is 0. The molecule has 0 radical (unpaired) electrons. The Morgan fingerprint density at radius 2 is 0.727 bits per heavy atom. The van der Waals surface area contributed by atoms with Crippen LogP contribution in [-0.4, -0.2) is 15.0 Å². The van der Waals surface area contributed by atoms with Gasteiger partial charge in [-0.15, -0.1) is 0 Å². The van der Waals surface area contributed by atoms with Gasteiger partial charge in [-0.3, -0.25) is 4.98 Å². The van der Waals surface area contributed by atoms with Gasteiger partial charge in [-0.1, -0.05) is 208 Å². The van der Waals surface area contributed by atoms with Crippen LogP contribution in [0.5, 0.6) is 0 Å². The highest BCUT2D eigenvalue weighted by Gasteiger charge is 2.13. The van der Waals surface area contributed by atoms with E-state index in [9.17, 15) is 0 Å². The molecule has 0 atom stereocenters. The van der Waals surface area contributed by atoms with Crippen molar-refractivity contribution in [3.8, 4) is 0 Å². The van der Waals surface area contributed by atoms with Crippen molar-refractivity contribution < 1.29 is 0 Å². The van der Waals surface area contributed by atoms with E-state index in [1.807, 2.05) is 24.5 Å². The van der Waals surface area contributed by atoms with Gasteiger partial charge in [-0.2, -0.15) is 0 Å². The van der Waals surface area contributed by atoms with E-state index in [0.717, 1.165) is 32.1 Å². The Morgan fingerprint density at radius 1 is 0.400 bits per heavy atom. The predicted octanol–water partition coefficient (Wildman–Crippen LogP) is 15.1. The molecule has 0 unspecified atom stereocenters. The molecule has 3 aromatic carbocycles. The maximum atomic E-state index is 4.26. The normalized spacial score (nSPS) is 11.4. The minimum Gasteiger partial charge on any atom is -0.348 e. The molecule has 3 heteroatoms. The Balaban J connectivity index is 0.000000660. The van der Waals surface area contributed by atoms with Crippen molar-refractivity contribution >= 4 is 0 Å². The zero-order valence-electron chi connectivity index (χ0n) is 37.1. The largest absolute Gasteiger partial charge is 0.348 e. The number of nitrogens with zero attached hydrogens (tertiary/aromatic N) is 2. The lowest BCUT2D eigenvalue weighted by atomic mass is 9.88. The minimum atomic E-state index is 0. The number of benzene rings is 3. The van der Waals surface area contributed by atoms with Crippen LogP contribution in [0.3, 0.4) is 0 Å². The van der Waals surface area contributed by atoms with Crippen LogP contribution in [0.25, 0.3) is 0 Å². The van der Waals surface area contributed by atoms with Gasteiger partial charge < -0.3 is 4.98 Å². The van der Waals surface area contributed by atoms with Gasteiger partial charge in [-0.05, 0) is 88.0 Å². The summed E-state index contributed by atoms with van der Waals surface area (Å²) in [6, 6.07) is 38.0. The van der Waals surface area contributed by atoms with Crippen LogP contribution in [0.4, 0.5) is 0 Å². The van der Waals surface area contributed by atoms with Crippen molar-refractivity contribution in [3.63, 3.8) is 0 Å². The molecule has 0 bridgehead atoms. The highest BCUT2D eigenvalue weighted by molar-refractivity contribution is 5.17. The molecule has 0 spiro atoms. The molecule has 0 amide bonds. The average molecular weight is 748 g/mol. The zero-order valence-corrected chi connectivity index (χ0v) is 37.1. The summed E-state index contributed by atoms with van der Waals surface area (Å²) >= 11 is 0. The van der Waals surface area contributed by atoms with E-state index in [1.165, 1.54) is 28.1 Å². The number of pyridine rings is 1. The van der Waals surface area contributed by atoms with Crippen LogP contribution >= 0.6 is 0 Å². The molecule has 0 aliphatic carbocycles. The summed E-state index contributed by atoms with van der Waals surface area (Å²) in [4.78, 5) is 11.3. The zero-order chi connectivity index (χ0) is 40.9. The monoisotopic (exact) mass is 748 g/mol. The van der Waals surface area contributed by atoms with E-state index in [0.29, 0.717) is 27.1 Å². The van der Waals surface area contributed by atoms with Crippen molar-refractivity contribution in [1.82, 2.24) is 15.0 Å². The lowest BCUT2D eigenvalue weighted by Gasteiger charge is -2.17. The summed E-state index contributed by atoms with van der Waals surface area (Å²) in [7, 11) is 0. The standard InChI is InChI=1S/3C11H16.C10H15N.C8H14N2.CH4/c3*1-11(2,3)9-10-7-5-4-6-8-10;1-10(2,3)8-9-6-4-5-7-11-9;1-8(2,3)4-7-5-9-6-10-7;/h3*4-8H,9H2,1-3H3;4-7H,8H2,1-3H3;5-6H,4H2,1-3H3,(H,9,10);1H4. The molecule has 5 aromatic rings. The first-order valence-corrected chi connectivity index (χ1v) is 19.9. The Bertz CT molecular complexity index is 1380. The van der Waals surface area contributed by atoms with Gasteiger partial charge in [0.1, 0.15) is 0 Å². The number of H-pyrrole nitrogens is 1. The number of imidazole rings is 1. The van der Waals surface area contributed by atoms with Crippen molar-refractivity contribution in [3.05, 3.63) is 156 Å². The summed E-state index contributed by atoms with van der Waals surface area (Å²) in [5.74, 6) is 0. The molecule has 0 fully saturated rings. The summed E-state index contributed by atoms with van der Waals surface area (Å²) in [5.41, 5.74) is 8.60. The molecular formula is C52H81N3. The molecule has 2 aromatic heterocycles. The van der Waals surface area contributed by atoms with E-state index in [2.05, 4.69) is 216 Å². The first-order valence-electron chi connectivity index (χ1n) is 19.9. The van der Waals surface area contributed by atoms with E-state index < -0.39 is 0 Å². The van der Waals surface area contributed by atoms with Gasteiger partial charge in [0, 0.05) is 23.8 Å². The lowest BCUT2D eigenvalue weighted by molar-refractivity contribution is 0.406. The van der Waals surface area contributed by atoms with E-state index >= 15 is 0 Å². The maximum Gasteiger partial charge on any atom is 0.0921 e. The van der Waals surface area contributed by atoms with Gasteiger partial charge in [0.2, 0.25) is 0 Å². The second kappa shape index (κ2) is 24.5. The SMILES string of the molecule is C.CC(C)(C)Cc1ccccc1.CC(C)(C)Cc1ccccc1.CC(C)(C)Cc1ccccc1.CC(C)(C)Cc1ccccn1.CC(C)(C)Cc1cnc[nH]1. The first-order chi connectivity index (χ1) is 24.9. The summed E-state index contributed by atoms with van der Waals surface area (Å²) in [6.07, 6.45) is 11.0. The smallest absolute Gasteiger partial charge is 0.0921 e. The highest BCUT2D eigenvalue weighted by Crippen LogP contribution is 2.22. The first kappa shape index (κ1) is 51.0. The molecule has 304 valence electrons. The van der Waals surface area contributed by atoms with Crippen LogP contribution in [0.15, 0.2) is 128 Å². The third-order valence-corrected chi connectivity index (χ3v) is 7.45. The number of hydrogen-bond acceptors (Lipinski definition) is 2. The lowest BCUT2D eigenvalue weighted by Crippen LogP contribution is -2.09. The number of rotatable bonds is 5. The summed E-state index contributed by atoms with van der Waals surface area (Å²) in [5, 5.41) is 0. The van der Waals surface area contributed by atoms with Gasteiger partial charge in [-0.25, -0.2) is 4.98 Å². The molecule has 5 rings (SSSR count). The van der Waals surface area contributed by atoms with Crippen molar-refractivity contribution in [2.24, 2.45) is 27.1 Å². The Labute approximate surface area is 340 Å². The Morgan fingerprint density at radius 3 is 0.982 bits per heavy atom. The molecule has 0 aliphatic rings. The van der Waals surface area contributed by atoms with Crippen molar-refractivity contribution in [1.29, 1.82) is 0 Å².